The molecule has 84 valence electrons. The normalized spacial score (nSPS) is 22.8. The van der Waals surface area contributed by atoms with E-state index in [0.29, 0.717) is 5.92 Å². The Morgan fingerprint density at radius 1 is 1.38 bits per heavy atom. The molecule has 2 nitrogen and oxygen atoms in total. The number of ketones is 1. The van der Waals surface area contributed by atoms with Gasteiger partial charge in [0, 0.05) is 24.0 Å². The Kier molecular flexibility index (Phi) is 3.09. The van der Waals surface area contributed by atoms with Crippen LogP contribution in [-0.4, -0.2) is 12.3 Å². The van der Waals surface area contributed by atoms with Crippen LogP contribution in [0.2, 0.25) is 0 Å². The summed E-state index contributed by atoms with van der Waals surface area (Å²) in [5.41, 5.74) is 2.33. The maximum Gasteiger partial charge on any atom is 0.154 e. The third-order valence-corrected chi connectivity index (χ3v) is 3.02. The van der Waals surface area contributed by atoms with Crippen LogP contribution >= 0.6 is 0 Å². The minimum Gasteiger partial charge on any atom is -0.345 e. The highest BCUT2D eigenvalue weighted by Gasteiger charge is 2.25. The molecule has 0 amide bonds. The molecule has 2 heteroatoms. The van der Waals surface area contributed by atoms with Gasteiger partial charge in [0.1, 0.15) is 0 Å². The van der Waals surface area contributed by atoms with Crippen molar-refractivity contribution in [1.29, 1.82) is 0 Å². The maximum atomic E-state index is 11.2. The zero-order chi connectivity index (χ0) is 11.5. The molecule has 1 aliphatic rings. The highest BCUT2D eigenvalue weighted by molar-refractivity contribution is 5.88. The molecule has 1 aromatic carbocycles. The first-order valence-corrected chi connectivity index (χ1v) is 5.73. The summed E-state index contributed by atoms with van der Waals surface area (Å²) in [6.45, 7) is 4.79. The summed E-state index contributed by atoms with van der Waals surface area (Å²) in [6.07, 6.45) is 2.89. The Balaban J connectivity index is 2.32. The van der Waals surface area contributed by atoms with Crippen LogP contribution < -0.4 is 4.90 Å². The van der Waals surface area contributed by atoms with Crippen LogP contribution in [0.1, 0.15) is 20.3 Å². The maximum absolute atomic E-state index is 11.2. The fourth-order valence-electron chi connectivity index (χ4n) is 2.18. The van der Waals surface area contributed by atoms with Crippen molar-refractivity contribution < 1.29 is 4.79 Å². The number of hydrogen-bond acceptors (Lipinski definition) is 2. The van der Waals surface area contributed by atoms with Crippen LogP contribution in [-0.2, 0) is 4.79 Å². The van der Waals surface area contributed by atoms with E-state index in [4.69, 9.17) is 0 Å². The van der Waals surface area contributed by atoms with E-state index >= 15 is 0 Å². The average molecular weight is 215 g/mol. The van der Waals surface area contributed by atoms with Crippen molar-refractivity contribution in [1.82, 2.24) is 0 Å². The molecular weight excluding hydrogens is 198 g/mol. The largest absolute Gasteiger partial charge is 0.345 e. The molecule has 1 heterocycles. The van der Waals surface area contributed by atoms with E-state index in [1.807, 2.05) is 18.2 Å². The lowest BCUT2D eigenvalue weighted by molar-refractivity contribution is -0.112. The van der Waals surface area contributed by atoms with Gasteiger partial charge in [-0.2, -0.15) is 0 Å². The molecule has 2 rings (SSSR count). The zero-order valence-corrected chi connectivity index (χ0v) is 9.81. The lowest BCUT2D eigenvalue weighted by Gasteiger charge is -2.21. The number of rotatable bonds is 2. The molecule has 16 heavy (non-hydrogen) atoms. The Bertz CT molecular complexity index is 408. The Labute approximate surface area is 96.6 Å². The van der Waals surface area contributed by atoms with Gasteiger partial charge in [0.15, 0.2) is 5.78 Å². The third kappa shape index (κ3) is 2.16. The van der Waals surface area contributed by atoms with Crippen LogP contribution in [0.4, 0.5) is 5.69 Å². The van der Waals surface area contributed by atoms with Crippen molar-refractivity contribution in [3.8, 4) is 0 Å². The van der Waals surface area contributed by atoms with Crippen LogP contribution in [0.15, 0.2) is 42.1 Å². The zero-order valence-electron chi connectivity index (χ0n) is 9.81. The highest BCUT2D eigenvalue weighted by Crippen LogP contribution is 2.32. The topological polar surface area (TPSA) is 20.3 Å². The molecule has 0 aromatic heterocycles. The number of carbonyl (C=O) groups is 1. The van der Waals surface area contributed by atoms with Crippen molar-refractivity contribution in [3.63, 3.8) is 0 Å². The van der Waals surface area contributed by atoms with Gasteiger partial charge in [0.25, 0.3) is 0 Å². The van der Waals surface area contributed by atoms with Gasteiger partial charge in [0.2, 0.25) is 0 Å². The molecule has 1 unspecified atom stereocenters. The quantitative estimate of drug-likeness (QED) is 0.707. The smallest absolute Gasteiger partial charge is 0.154 e. The summed E-state index contributed by atoms with van der Waals surface area (Å²) >= 11 is 0. The number of allylic oxidation sites excluding steroid dienone is 2. The van der Waals surface area contributed by atoms with Gasteiger partial charge in [-0.15, -0.1) is 0 Å². The molecular formula is C14H17NO. The Hall–Kier alpha value is -1.57. The van der Waals surface area contributed by atoms with E-state index in [1.54, 1.807) is 13.0 Å². The molecule has 0 radical (unpaired) electrons. The van der Waals surface area contributed by atoms with E-state index in [-0.39, 0.29) is 5.78 Å². The molecule has 0 spiro atoms. The molecule has 1 aromatic rings. The van der Waals surface area contributed by atoms with Crippen molar-refractivity contribution in [2.45, 2.75) is 20.3 Å². The standard InChI is InChI=1S/C14H17NO/c1-11-8-9-15(14(11)10-12(2)16)13-6-4-3-5-7-13/h3-7,10-11H,8-9H2,1-2H3/b14-10+. The van der Waals surface area contributed by atoms with E-state index in [0.717, 1.165) is 18.7 Å². The number of carbonyl (C=O) groups excluding carboxylic acids is 1. The van der Waals surface area contributed by atoms with Crippen LogP contribution in [0.25, 0.3) is 0 Å². The van der Waals surface area contributed by atoms with Crippen molar-refractivity contribution in [2.24, 2.45) is 5.92 Å². The van der Waals surface area contributed by atoms with Crippen LogP contribution in [0, 0.1) is 5.92 Å². The van der Waals surface area contributed by atoms with E-state index in [9.17, 15) is 4.79 Å². The Morgan fingerprint density at radius 2 is 2.06 bits per heavy atom. The van der Waals surface area contributed by atoms with Gasteiger partial charge in [-0.25, -0.2) is 0 Å². The summed E-state index contributed by atoms with van der Waals surface area (Å²) < 4.78 is 0. The predicted octanol–water partition coefficient (Wildman–Crippen LogP) is 3.01. The summed E-state index contributed by atoms with van der Waals surface area (Å²) in [6, 6.07) is 10.3. The molecule has 0 aliphatic carbocycles. The summed E-state index contributed by atoms with van der Waals surface area (Å²) in [4.78, 5) is 13.5. The van der Waals surface area contributed by atoms with E-state index in [2.05, 4.69) is 24.0 Å². The number of benzene rings is 1. The number of hydrogen-bond donors (Lipinski definition) is 0. The lowest BCUT2D eigenvalue weighted by Crippen LogP contribution is -2.17. The van der Waals surface area contributed by atoms with Crippen molar-refractivity contribution >= 4 is 11.5 Å². The second-order valence-corrected chi connectivity index (χ2v) is 4.36. The van der Waals surface area contributed by atoms with Crippen molar-refractivity contribution in [3.05, 3.63) is 42.1 Å². The van der Waals surface area contributed by atoms with Crippen molar-refractivity contribution in [2.75, 3.05) is 11.4 Å². The van der Waals surface area contributed by atoms with Gasteiger partial charge in [-0.1, -0.05) is 25.1 Å². The summed E-state index contributed by atoms with van der Waals surface area (Å²) in [5, 5.41) is 0. The first-order chi connectivity index (χ1) is 7.68. The summed E-state index contributed by atoms with van der Waals surface area (Å²) in [5.74, 6) is 0.605. The third-order valence-electron chi connectivity index (χ3n) is 3.02. The first kappa shape index (κ1) is 10.9. The van der Waals surface area contributed by atoms with E-state index < -0.39 is 0 Å². The Morgan fingerprint density at radius 3 is 2.69 bits per heavy atom. The predicted molar refractivity (Wildman–Crippen MR) is 66.3 cm³/mol. The van der Waals surface area contributed by atoms with Crippen LogP contribution in [0.3, 0.4) is 0 Å². The molecule has 0 bridgehead atoms. The van der Waals surface area contributed by atoms with Gasteiger partial charge >= 0.3 is 0 Å². The molecule has 1 fully saturated rings. The number of para-hydroxylation sites is 1. The minimum atomic E-state index is 0.129. The average Bonchev–Trinajstić information content (AvgIpc) is 2.61. The van der Waals surface area contributed by atoms with Crippen LogP contribution in [0.5, 0.6) is 0 Å². The number of nitrogens with zero attached hydrogens (tertiary/aromatic N) is 1. The fourth-order valence-corrected chi connectivity index (χ4v) is 2.18. The first-order valence-electron chi connectivity index (χ1n) is 5.73. The minimum absolute atomic E-state index is 0.129. The molecule has 1 aliphatic heterocycles. The second kappa shape index (κ2) is 4.52. The van der Waals surface area contributed by atoms with Gasteiger partial charge in [-0.05, 0) is 31.4 Å². The molecule has 1 saturated heterocycles. The second-order valence-electron chi connectivity index (χ2n) is 4.36. The number of anilines is 1. The highest BCUT2D eigenvalue weighted by atomic mass is 16.1. The molecule has 0 N–H and O–H groups in total. The van der Waals surface area contributed by atoms with E-state index in [1.165, 1.54) is 5.69 Å². The van der Waals surface area contributed by atoms with Gasteiger partial charge < -0.3 is 4.90 Å². The van der Waals surface area contributed by atoms with Gasteiger partial charge in [0.05, 0.1) is 0 Å². The molecule has 0 saturated carbocycles. The SMILES string of the molecule is CC(=O)/C=C1\C(C)CCN1c1ccccc1. The monoisotopic (exact) mass is 215 g/mol. The summed E-state index contributed by atoms with van der Waals surface area (Å²) in [7, 11) is 0. The fraction of sp³-hybridized carbons (Fsp3) is 0.357. The lowest BCUT2D eigenvalue weighted by atomic mass is 10.1. The van der Waals surface area contributed by atoms with Gasteiger partial charge in [-0.3, -0.25) is 4.79 Å². The molecule has 1 atom stereocenters.